The Labute approximate surface area is 143 Å². The molecule has 0 bridgehead atoms. The third-order valence-corrected chi connectivity index (χ3v) is 5.87. The van der Waals surface area contributed by atoms with Gasteiger partial charge in [-0.05, 0) is 55.0 Å². The van der Waals surface area contributed by atoms with Crippen LogP contribution in [0.1, 0.15) is 67.9 Å². The summed E-state index contributed by atoms with van der Waals surface area (Å²) in [7, 11) is 0. The van der Waals surface area contributed by atoms with E-state index >= 15 is 0 Å². The maximum atomic E-state index is 4.84. The minimum atomic E-state index is 0.386. The first-order valence-electron chi connectivity index (χ1n) is 8.94. The molecule has 1 aliphatic rings. The summed E-state index contributed by atoms with van der Waals surface area (Å²) < 4.78 is 0. The molecule has 0 aromatic carbocycles. The van der Waals surface area contributed by atoms with Crippen molar-refractivity contribution in [3.8, 4) is 0 Å². The zero-order valence-corrected chi connectivity index (χ0v) is 15.2. The van der Waals surface area contributed by atoms with Crippen LogP contribution in [-0.4, -0.2) is 9.97 Å². The van der Waals surface area contributed by atoms with E-state index in [0.717, 1.165) is 30.0 Å². The first-order chi connectivity index (χ1) is 11.3. The molecule has 23 heavy (non-hydrogen) atoms. The van der Waals surface area contributed by atoms with E-state index < -0.39 is 0 Å². The molecule has 4 heteroatoms. The first kappa shape index (κ1) is 16.4. The lowest BCUT2D eigenvalue weighted by Gasteiger charge is -2.33. The summed E-state index contributed by atoms with van der Waals surface area (Å²) in [6.45, 7) is 6.58. The standard InChI is InChI=1S/C19H27N3S/c1-4-7-13-8-9-17-15(10-11-23-17)18(13)22-19-16(6-3)20-12-14(5-2)21-19/h10-13,18H,4-9H2,1-3H3,(H,21,22)/t13-,18+/m0/s1. The maximum Gasteiger partial charge on any atom is 0.148 e. The van der Waals surface area contributed by atoms with E-state index in [1.807, 2.05) is 17.5 Å². The molecule has 2 aromatic heterocycles. The molecule has 1 aliphatic carbocycles. The molecule has 1 N–H and O–H groups in total. The molecule has 0 unspecified atom stereocenters. The third kappa shape index (κ3) is 3.42. The van der Waals surface area contributed by atoms with Gasteiger partial charge in [-0.2, -0.15) is 0 Å². The van der Waals surface area contributed by atoms with Crippen molar-refractivity contribution in [2.45, 2.75) is 65.3 Å². The van der Waals surface area contributed by atoms with E-state index in [1.54, 1.807) is 4.88 Å². The Hall–Kier alpha value is -1.42. The summed E-state index contributed by atoms with van der Waals surface area (Å²) in [6.07, 6.45) is 8.79. The van der Waals surface area contributed by atoms with E-state index in [2.05, 4.69) is 42.5 Å². The summed E-state index contributed by atoms with van der Waals surface area (Å²) in [6, 6.07) is 2.69. The third-order valence-electron chi connectivity index (χ3n) is 4.88. The molecule has 0 aliphatic heterocycles. The molecule has 0 fully saturated rings. The van der Waals surface area contributed by atoms with Crippen molar-refractivity contribution in [1.29, 1.82) is 0 Å². The zero-order chi connectivity index (χ0) is 16.2. The van der Waals surface area contributed by atoms with Crippen molar-refractivity contribution in [3.05, 3.63) is 39.5 Å². The monoisotopic (exact) mass is 329 g/mol. The lowest BCUT2D eigenvalue weighted by molar-refractivity contribution is 0.372. The Morgan fingerprint density at radius 1 is 1.26 bits per heavy atom. The number of rotatable bonds is 6. The van der Waals surface area contributed by atoms with E-state index in [4.69, 9.17) is 4.98 Å². The highest BCUT2D eigenvalue weighted by molar-refractivity contribution is 7.10. The molecule has 0 saturated carbocycles. The average molecular weight is 330 g/mol. The molecule has 2 aromatic rings. The number of thiophene rings is 1. The number of nitrogens with zero attached hydrogens (tertiary/aromatic N) is 2. The number of nitrogens with one attached hydrogen (secondary N) is 1. The van der Waals surface area contributed by atoms with Crippen LogP contribution in [0.2, 0.25) is 0 Å². The van der Waals surface area contributed by atoms with Crippen LogP contribution >= 0.6 is 11.3 Å². The van der Waals surface area contributed by atoms with Gasteiger partial charge in [-0.15, -0.1) is 11.3 Å². The predicted molar refractivity (Wildman–Crippen MR) is 98.2 cm³/mol. The van der Waals surface area contributed by atoms with Crippen LogP contribution in [0, 0.1) is 5.92 Å². The predicted octanol–water partition coefficient (Wildman–Crippen LogP) is 5.18. The molecule has 3 rings (SSSR count). The number of anilines is 1. The van der Waals surface area contributed by atoms with Gasteiger partial charge in [0, 0.05) is 11.1 Å². The van der Waals surface area contributed by atoms with Crippen LogP contribution in [0.4, 0.5) is 5.82 Å². The van der Waals surface area contributed by atoms with Crippen molar-refractivity contribution < 1.29 is 0 Å². The van der Waals surface area contributed by atoms with Gasteiger partial charge in [-0.1, -0.05) is 27.2 Å². The van der Waals surface area contributed by atoms with Gasteiger partial charge >= 0.3 is 0 Å². The Bertz CT molecular complexity index is 650. The van der Waals surface area contributed by atoms with Crippen molar-refractivity contribution in [2.75, 3.05) is 5.32 Å². The number of aromatic nitrogens is 2. The lowest BCUT2D eigenvalue weighted by atomic mass is 9.81. The minimum Gasteiger partial charge on any atom is -0.361 e. The summed E-state index contributed by atoms with van der Waals surface area (Å²) in [5.41, 5.74) is 3.64. The van der Waals surface area contributed by atoms with Crippen LogP contribution in [0.25, 0.3) is 0 Å². The van der Waals surface area contributed by atoms with Crippen LogP contribution in [0.15, 0.2) is 17.6 Å². The van der Waals surface area contributed by atoms with Crippen LogP contribution in [0.5, 0.6) is 0 Å². The average Bonchev–Trinajstić information content (AvgIpc) is 3.06. The lowest BCUT2D eigenvalue weighted by Crippen LogP contribution is -2.27. The van der Waals surface area contributed by atoms with E-state index in [0.29, 0.717) is 12.0 Å². The molecule has 0 spiro atoms. The van der Waals surface area contributed by atoms with Gasteiger partial charge in [-0.3, -0.25) is 4.98 Å². The van der Waals surface area contributed by atoms with Gasteiger partial charge < -0.3 is 5.32 Å². The number of hydrogen-bond acceptors (Lipinski definition) is 4. The van der Waals surface area contributed by atoms with E-state index in [9.17, 15) is 0 Å². The highest BCUT2D eigenvalue weighted by atomic mass is 32.1. The molecule has 0 amide bonds. The first-order valence-corrected chi connectivity index (χ1v) is 9.82. The molecular formula is C19H27N3S. The second kappa shape index (κ2) is 7.43. The van der Waals surface area contributed by atoms with Gasteiger partial charge in [0.25, 0.3) is 0 Å². The normalized spacial score (nSPS) is 20.3. The molecule has 0 saturated heterocycles. The van der Waals surface area contributed by atoms with Gasteiger partial charge in [-0.25, -0.2) is 4.98 Å². The second-order valence-corrected chi connectivity index (χ2v) is 7.37. The Balaban J connectivity index is 1.93. The van der Waals surface area contributed by atoms with Crippen molar-refractivity contribution >= 4 is 17.2 Å². The molecule has 2 atom stereocenters. The Kier molecular flexibility index (Phi) is 5.31. The molecule has 0 radical (unpaired) electrons. The number of aryl methyl sites for hydroxylation is 3. The summed E-state index contributed by atoms with van der Waals surface area (Å²) in [5.74, 6) is 1.69. The van der Waals surface area contributed by atoms with Crippen molar-refractivity contribution in [2.24, 2.45) is 5.92 Å². The largest absolute Gasteiger partial charge is 0.361 e. The van der Waals surface area contributed by atoms with Gasteiger partial charge in [0.1, 0.15) is 5.82 Å². The molecule has 124 valence electrons. The fourth-order valence-electron chi connectivity index (χ4n) is 3.59. The second-order valence-electron chi connectivity index (χ2n) is 6.37. The smallest absolute Gasteiger partial charge is 0.148 e. The van der Waals surface area contributed by atoms with Crippen LogP contribution in [0.3, 0.4) is 0 Å². The molecular weight excluding hydrogens is 302 g/mol. The highest BCUT2D eigenvalue weighted by Gasteiger charge is 2.30. The maximum absolute atomic E-state index is 4.84. The Morgan fingerprint density at radius 3 is 2.87 bits per heavy atom. The molecule has 3 nitrogen and oxygen atoms in total. The van der Waals surface area contributed by atoms with Crippen molar-refractivity contribution in [3.63, 3.8) is 0 Å². The van der Waals surface area contributed by atoms with Crippen molar-refractivity contribution in [1.82, 2.24) is 9.97 Å². The summed E-state index contributed by atoms with van der Waals surface area (Å²) in [4.78, 5) is 11.0. The van der Waals surface area contributed by atoms with Gasteiger partial charge in [0.15, 0.2) is 0 Å². The van der Waals surface area contributed by atoms with Crippen LogP contribution in [-0.2, 0) is 19.3 Å². The fraction of sp³-hybridized carbons (Fsp3) is 0.579. The number of hydrogen-bond donors (Lipinski definition) is 1. The summed E-state index contributed by atoms with van der Waals surface area (Å²) >= 11 is 1.90. The number of fused-ring (bicyclic) bond motifs is 1. The SMILES string of the molecule is CCC[C@H]1CCc2sccc2[C@@H]1Nc1nc(CC)cnc1CC. The zero-order valence-electron chi connectivity index (χ0n) is 14.4. The van der Waals surface area contributed by atoms with Crippen LogP contribution < -0.4 is 5.32 Å². The Morgan fingerprint density at radius 2 is 2.13 bits per heavy atom. The van der Waals surface area contributed by atoms with Gasteiger partial charge in [0.05, 0.1) is 17.4 Å². The minimum absolute atomic E-state index is 0.386. The molecule has 2 heterocycles. The van der Waals surface area contributed by atoms with E-state index in [1.165, 1.54) is 31.2 Å². The van der Waals surface area contributed by atoms with Gasteiger partial charge in [0.2, 0.25) is 0 Å². The quantitative estimate of drug-likeness (QED) is 0.793. The fourth-order valence-corrected chi connectivity index (χ4v) is 4.53. The summed E-state index contributed by atoms with van der Waals surface area (Å²) in [5, 5.41) is 6.02. The highest BCUT2D eigenvalue weighted by Crippen LogP contribution is 2.41. The van der Waals surface area contributed by atoms with E-state index in [-0.39, 0.29) is 0 Å². The topological polar surface area (TPSA) is 37.8 Å².